The Morgan fingerprint density at radius 1 is 1.29 bits per heavy atom. The van der Waals surface area contributed by atoms with E-state index >= 15 is 0 Å². The molecule has 0 radical (unpaired) electrons. The van der Waals surface area contributed by atoms with Crippen LogP contribution >= 0.6 is 11.6 Å². The molecule has 104 valence electrons. The normalized spacial score (nSPS) is 10.5. The number of halogens is 1. The fourth-order valence-corrected chi connectivity index (χ4v) is 2.18. The summed E-state index contributed by atoms with van der Waals surface area (Å²) in [5.41, 5.74) is 8.88. The Hall–Kier alpha value is -2.91. The van der Waals surface area contributed by atoms with Crippen molar-refractivity contribution in [2.75, 3.05) is 11.1 Å². The van der Waals surface area contributed by atoms with Gasteiger partial charge in [-0.05, 0) is 24.3 Å². The molecule has 1 aromatic heterocycles. The molecule has 0 aliphatic heterocycles. The molecule has 7 heteroatoms. The number of nitrogens with one attached hydrogen (secondary N) is 2. The molecular weight excluding hydrogens is 292 g/mol. The number of nitrogens with two attached hydrogens (primary N) is 1. The smallest absolute Gasteiger partial charge is 0.408 e. The Balaban J connectivity index is 2.03. The summed E-state index contributed by atoms with van der Waals surface area (Å²) in [5, 5.41) is 12.3. The van der Waals surface area contributed by atoms with E-state index in [2.05, 4.69) is 10.3 Å². The van der Waals surface area contributed by atoms with E-state index < -0.39 is 5.76 Å². The number of anilines is 3. The van der Waals surface area contributed by atoms with Crippen LogP contribution in [0.5, 0.6) is 0 Å². The summed E-state index contributed by atoms with van der Waals surface area (Å²) in [4.78, 5) is 13.7. The second kappa shape index (κ2) is 4.89. The molecule has 6 nitrogen and oxygen atoms in total. The number of nitrogens with zero attached hydrogens (tertiary/aromatic N) is 1. The lowest BCUT2D eigenvalue weighted by Gasteiger charge is -2.10. The van der Waals surface area contributed by atoms with Gasteiger partial charge in [-0.3, -0.25) is 4.98 Å². The quantitative estimate of drug-likeness (QED) is 0.631. The zero-order valence-corrected chi connectivity index (χ0v) is 11.4. The summed E-state index contributed by atoms with van der Waals surface area (Å²) in [6.45, 7) is 0. The van der Waals surface area contributed by atoms with E-state index in [0.29, 0.717) is 38.7 Å². The minimum atomic E-state index is -0.544. The first-order valence-electron chi connectivity index (χ1n) is 5.96. The first kappa shape index (κ1) is 13.1. The maximum atomic E-state index is 11.2. The van der Waals surface area contributed by atoms with Gasteiger partial charge in [0, 0.05) is 6.07 Å². The average molecular weight is 301 g/mol. The van der Waals surface area contributed by atoms with Crippen molar-refractivity contribution in [1.29, 1.82) is 5.26 Å². The van der Waals surface area contributed by atoms with Crippen LogP contribution in [0.2, 0.25) is 5.02 Å². The Bertz CT molecular complexity index is 936. The first-order chi connectivity index (χ1) is 10.1. The Kier molecular flexibility index (Phi) is 3.05. The van der Waals surface area contributed by atoms with Crippen molar-refractivity contribution in [3.05, 3.63) is 51.5 Å². The SMILES string of the molecule is N#Cc1ccc(Nc2cc3[nH]c(=O)oc3cc2N)c(Cl)c1. The molecule has 1 heterocycles. The number of aromatic nitrogens is 1. The molecule has 0 aliphatic carbocycles. The van der Waals surface area contributed by atoms with Crippen LogP contribution < -0.4 is 16.8 Å². The number of H-pyrrole nitrogens is 1. The predicted molar refractivity (Wildman–Crippen MR) is 80.7 cm³/mol. The molecular formula is C14H9ClN4O2. The van der Waals surface area contributed by atoms with Crippen LogP contribution in [0.1, 0.15) is 5.56 Å². The second-order valence-electron chi connectivity index (χ2n) is 4.38. The largest absolute Gasteiger partial charge is 0.417 e. The van der Waals surface area contributed by atoms with Crippen molar-refractivity contribution < 1.29 is 4.42 Å². The third-order valence-electron chi connectivity index (χ3n) is 2.96. The maximum absolute atomic E-state index is 11.2. The zero-order valence-electron chi connectivity index (χ0n) is 10.6. The highest BCUT2D eigenvalue weighted by Gasteiger charge is 2.09. The van der Waals surface area contributed by atoms with Crippen LogP contribution in [0.25, 0.3) is 11.1 Å². The van der Waals surface area contributed by atoms with E-state index in [1.54, 1.807) is 30.3 Å². The number of rotatable bonds is 2. The standard InChI is InChI=1S/C14H9ClN4O2/c15-8-3-7(6-16)1-2-10(8)18-11-5-12-13(4-9(11)17)21-14(20)19-12/h1-5,18H,17H2,(H,19,20). The van der Waals surface area contributed by atoms with Gasteiger partial charge in [0.1, 0.15) is 0 Å². The van der Waals surface area contributed by atoms with E-state index in [4.69, 9.17) is 27.0 Å². The number of aromatic amines is 1. The van der Waals surface area contributed by atoms with Crippen LogP contribution in [0, 0.1) is 11.3 Å². The summed E-state index contributed by atoms with van der Waals surface area (Å²) in [5.74, 6) is -0.544. The molecule has 0 atom stereocenters. The lowest BCUT2D eigenvalue weighted by molar-refractivity contribution is 0.555. The molecule has 0 saturated carbocycles. The fourth-order valence-electron chi connectivity index (χ4n) is 1.95. The minimum absolute atomic E-state index is 0.383. The third-order valence-corrected chi connectivity index (χ3v) is 3.27. The van der Waals surface area contributed by atoms with Crippen molar-refractivity contribution >= 4 is 39.8 Å². The van der Waals surface area contributed by atoms with Crippen LogP contribution in [0.4, 0.5) is 17.1 Å². The first-order valence-corrected chi connectivity index (χ1v) is 6.33. The average Bonchev–Trinajstić information content (AvgIpc) is 2.80. The summed E-state index contributed by atoms with van der Waals surface area (Å²) < 4.78 is 4.93. The summed E-state index contributed by atoms with van der Waals surface area (Å²) in [6, 6.07) is 10.1. The van der Waals surface area contributed by atoms with E-state index in [1.807, 2.05) is 6.07 Å². The molecule has 3 rings (SSSR count). The summed E-state index contributed by atoms with van der Waals surface area (Å²) in [6.07, 6.45) is 0. The minimum Gasteiger partial charge on any atom is -0.408 e. The van der Waals surface area contributed by atoms with Crippen molar-refractivity contribution in [3.63, 3.8) is 0 Å². The highest BCUT2D eigenvalue weighted by Crippen LogP contribution is 2.31. The molecule has 4 N–H and O–H groups in total. The number of nitriles is 1. The van der Waals surface area contributed by atoms with Gasteiger partial charge in [0.25, 0.3) is 0 Å². The molecule has 0 amide bonds. The zero-order chi connectivity index (χ0) is 15.0. The molecule has 21 heavy (non-hydrogen) atoms. The molecule has 0 spiro atoms. The molecule has 0 saturated heterocycles. The lowest BCUT2D eigenvalue weighted by Crippen LogP contribution is -1.97. The Morgan fingerprint density at radius 3 is 2.81 bits per heavy atom. The number of hydrogen-bond donors (Lipinski definition) is 3. The van der Waals surface area contributed by atoms with Crippen LogP contribution in [0.3, 0.4) is 0 Å². The summed E-state index contributed by atoms with van der Waals surface area (Å²) in [7, 11) is 0. The molecule has 3 aromatic rings. The molecule has 0 bridgehead atoms. The monoisotopic (exact) mass is 300 g/mol. The topological polar surface area (TPSA) is 108 Å². The van der Waals surface area contributed by atoms with Gasteiger partial charge in [-0.1, -0.05) is 11.6 Å². The van der Waals surface area contributed by atoms with Crippen molar-refractivity contribution in [2.24, 2.45) is 0 Å². The van der Waals surface area contributed by atoms with E-state index in [-0.39, 0.29) is 0 Å². The van der Waals surface area contributed by atoms with Gasteiger partial charge in [0.2, 0.25) is 0 Å². The van der Waals surface area contributed by atoms with E-state index in [0.717, 1.165) is 0 Å². The number of benzene rings is 2. The molecule has 0 aliphatic rings. The number of oxazole rings is 1. The van der Waals surface area contributed by atoms with Gasteiger partial charge in [0.05, 0.1) is 39.2 Å². The molecule has 0 unspecified atom stereocenters. The van der Waals surface area contributed by atoms with Gasteiger partial charge in [-0.25, -0.2) is 4.79 Å². The number of fused-ring (bicyclic) bond motifs is 1. The second-order valence-corrected chi connectivity index (χ2v) is 4.79. The van der Waals surface area contributed by atoms with E-state index in [9.17, 15) is 4.79 Å². The van der Waals surface area contributed by atoms with Gasteiger partial charge in [-0.15, -0.1) is 0 Å². The van der Waals surface area contributed by atoms with Gasteiger partial charge in [0.15, 0.2) is 5.58 Å². The van der Waals surface area contributed by atoms with Crippen LogP contribution in [-0.4, -0.2) is 4.98 Å². The number of nitrogen functional groups attached to an aromatic ring is 1. The Labute approximate surface area is 123 Å². The van der Waals surface area contributed by atoms with Gasteiger partial charge >= 0.3 is 5.76 Å². The fraction of sp³-hybridized carbons (Fsp3) is 0. The lowest BCUT2D eigenvalue weighted by atomic mass is 10.2. The third kappa shape index (κ3) is 2.42. The van der Waals surface area contributed by atoms with Gasteiger partial charge in [-0.2, -0.15) is 5.26 Å². The van der Waals surface area contributed by atoms with Crippen LogP contribution in [0.15, 0.2) is 39.5 Å². The van der Waals surface area contributed by atoms with Crippen LogP contribution in [-0.2, 0) is 0 Å². The highest BCUT2D eigenvalue weighted by atomic mass is 35.5. The summed E-state index contributed by atoms with van der Waals surface area (Å²) >= 11 is 6.10. The Morgan fingerprint density at radius 2 is 2.10 bits per heavy atom. The molecule has 0 fully saturated rings. The van der Waals surface area contributed by atoms with Crippen molar-refractivity contribution in [1.82, 2.24) is 4.98 Å². The van der Waals surface area contributed by atoms with E-state index in [1.165, 1.54) is 0 Å². The highest BCUT2D eigenvalue weighted by molar-refractivity contribution is 6.33. The predicted octanol–water partition coefficient (Wildman–Crippen LogP) is 2.97. The van der Waals surface area contributed by atoms with Gasteiger partial charge < -0.3 is 15.5 Å². The van der Waals surface area contributed by atoms with Crippen molar-refractivity contribution in [3.8, 4) is 6.07 Å². The maximum Gasteiger partial charge on any atom is 0.417 e. The molecule has 2 aromatic carbocycles. The number of hydrogen-bond acceptors (Lipinski definition) is 5. The van der Waals surface area contributed by atoms with Crippen molar-refractivity contribution in [2.45, 2.75) is 0 Å².